The van der Waals surface area contributed by atoms with E-state index in [9.17, 15) is 0 Å². The van der Waals surface area contributed by atoms with Crippen LogP contribution in [0.4, 0.5) is 0 Å². The van der Waals surface area contributed by atoms with E-state index in [4.69, 9.17) is 0 Å². The molecule has 0 saturated carbocycles. The summed E-state index contributed by atoms with van der Waals surface area (Å²) in [6, 6.07) is 0.693. The molecule has 78 valence electrons. The Morgan fingerprint density at radius 2 is 2.64 bits per heavy atom. The molecule has 0 bridgehead atoms. The number of thiazole rings is 1. The van der Waals surface area contributed by atoms with Crippen molar-refractivity contribution in [2.45, 2.75) is 25.4 Å². The minimum Gasteiger partial charge on any atom is -0.313 e. The van der Waals surface area contributed by atoms with E-state index < -0.39 is 0 Å². The molecule has 14 heavy (non-hydrogen) atoms. The second-order valence-electron chi connectivity index (χ2n) is 3.97. The minimum atomic E-state index is 0.693. The van der Waals surface area contributed by atoms with Crippen LogP contribution in [0.1, 0.15) is 18.5 Å². The van der Waals surface area contributed by atoms with Gasteiger partial charge in [-0.05, 0) is 26.4 Å². The first-order chi connectivity index (χ1) is 6.84. The molecule has 3 nitrogen and oxygen atoms in total. The maximum atomic E-state index is 4.29. The number of aromatic nitrogens is 1. The summed E-state index contributed by atoms with van der Waals surface area (Å²) in [5, 5.41) is 5.63. The summed E-state index contributed by atoms with van der Waals surface area (Å²) in [7, 11) is 2.17. The molecular formula is C10H17N3S. The Morgan fingerprint density at radius 1 is 1.71 bits per heavy atom. The molecule has 0 amide bonds. The molecule has 0 radical (unpaired) electrons. The maximum absolute atomic E-state index is 4.29. The molecule has 1 aromatic heterocycles. The van der Waals surface area contributed by atoms with E-state index in [0.29, 0.717) is 6.04 Å². The Kier molecular flexibility index (Phi) is 3.50. The van der Waals surface area contributed by atoms with Crippen LogP contribution in [-0.4, -0.2) is 36.1 Å². The van der Waals surface area contributed by atoms with Crippen molar-refractivity contribution < 1.29 is 0 Å². The smallest absolute Gasteiger partial charge is 0.0795 e. The molecule has 1 atom stereocenters. The van der Waals surface area contributed by atoms with Gasteiger partial charge >= 0.3 is 0 Å². The molecule has 0 unspecified atom stereocenters. The Labute approximate surface area is 89.1 Å². The second kappa shape index (κ2) is 4.87. The molecule has 0 aromatic carbocycles. The largest absolute Gasteiger partial charge is 0.313 e. The van der Waals surface area contributed by atoms with Gasteiger partial charge in [-0.2, -0.15) is 0 Å². The average molecular weight is 211 g/mol. The number of rotatable bonds is 4. The summed E-state index contributed by atoms with van der Waals surface area (Å²) in [5.41, 5.74) is 3.09. The van der Waals surface area contributed by atoms with Gasteiger partial charge in [-0.15, -0.1) is 11.3 Å². The SMILES string of the molecule is CN(Cc1cscn1)C[C@@H]1CCCN1. The Morgan fingerprint density at radius 3 is 3.29 bits per heavy atom. The lowest BCUT2D eigenvalue weighted by Gasteiger charge is -2.19. The average Bonchev–Trinajstić information content (AvgIpc) is 2.76. The molecule has 0 aliphatic carbocycles. The van der Waals surface area contributed by atoms with Crippen molar-refractivity contribution in [1.29, 1.82) is 0 Å². The molecule has 4 heteroatoms. The Balaban J connectivity index is 1.75. The highest BCUT2D eigenvalue weighted by molar-refractivity contribution is 7.07. The van der Waals surface area contributed by atoms with Gasteiger partial charge < -0.3 is 5.32 Å². The molecule has 1 aliphatic rings. The fraction of sp³-hybridized carbons (Fsp3) is 0.700. The lowest BCUT2D eigenvalue weighted by atomic mass is 10.2. The van der Waals surface area contributed by atoms with E-state index in [-0.39, 0.29) is 0 Å². The van der Waals surface area contributed by atoms with E-state index in [2.05, 4.69) is 27.6 Å². The van der Waals surface area contributed by atoms with E-state index in [1.807, 2.05) is 5.51 Å². The van der Waals surface area contributed by atoms with Gasteiger partial charge in [-0.1, -0.05) is 0 Å². The fourth-order valence-electron chi connectivity index (χ4n) is 1.95. The highest BCUT2D eigenvalue weighted by Gasteiger charge is 2.15. The number of hydrogen-bond acceptors (Lipinski definition) is 4. The Bertz CT molecular complexity index is 254. The highest BCUT2D eigenvalue weighted by atomic mass is 32.1. The van der Waals surface area contributed by atoms with Crippen LogP contribution in [0, 0.1) is 0 Å². The molecule has 1 N–H and O–H groups in total. The van der Waals surface area contributed by atoms with Crippen LogP contribution >= 0.6 is 11.3 Å². The zero-order chi connectivity index (χ0) is 9.80. The van der Waals surface area contributed by atoms with Crippen LogP contribution in [0.5, 0.6) is 0 Å². The molecule has 1 fully saturated rings. The highest BCUT2D eigenvalue weighted by Crippen LogP contribution is 2.09. The normalized spacial score (nSPS) is 22.0. The number of hydrogen-bond donors (Lipinski definition) is 1. The van der Waals surface area contributed by atoms with Crippen LogP contribution in [0.15, 0.2) is 10.9 Å². The molecule has 1 aliphatic heterocycles. The summed E-state index contributed by atoms with van der Waals surface area (Å²) in [4.78, 5) is 6.63. The number of nitrogens with zero attached hydrogens (tertiary/aromatic N) is 2. The van der Waals surface area contributed by atoms with E-state index in [1.54, 1.807) is 11.3 Å². The van der Waals surface area contributed by atoms with Gasteiger partial charge in [-0.25, -0.2) is 4.98 Å². The monoisotopic (exact) mass is 211 g/mol. The molecule has 1 aromatic rings. The summed E-state index contributed by atoms with van der Waals surface area (Å²) in [6.45, 7) is 3.30. The fourth-order valence-corrected chi connectivity index (χ4v) is 2.50. The van der Waals surface area contributed by atoms with Crippen molar-refractivity contribution >= 4 is 11.3 Å². The predicted molar refractivity (Wildman–Crippen MR) is 59.5 cm³/mol. The third kappa shape index (κ3) is 2.77. The first kappa shape index (κ1) is 10.1. The maximum Gasteiger partial charge on any atom is 0.0795 e. The van der Waals surface area contributed by atoms with Crippen LogP contribution < -0.4 is 5.32 Å². The molecular weight excluding hydrogens is 194 g/mol. The zero-order valence-corrected chi connectivity index (χ0v) is 9.39. The number of nitrogens with one attached hydrogen (secondary N) is 1. The first-order valence-corrected chi connectivity index (χ1v) is 6.08. The van der Waals surface area contributed by atoms with E-state index >= 15 is 0 Å². The van der Waals surface area contributed by atoms with Gasteiger partial charge in [-0.3, -0.25) is 4.90 Å². The second-order valence-corrected chi connectivity index (χ2v) is 4.69. The quantitative estimate of drug-likeness (QED) is 0.814. The van der Waals surface area contributed by atoms with Crippen LogP contribution in [0.2, 0.25) is 0 Å². The van der Waals surface area contributed by atoms with E-state index in [0.717, 1.165) is 13.1 Å². The summed E-state index contributed by atoms with van der Waals surface area (Å²) in [6.07, 6.45) is 2.65. The molecule has 1 saturated heterocycles. The number of likely N-dealkylation sites (N-methyl/N-ethyl adjacent to an activating group) is 1. The van der Waals surface area contributed by atoms with Gasteiger partial charge in [0.1, 0.15) is 0 Å². The standard InChI is InChI=1S/C10H17N3S/c1-13(5-9-3-2-4-11-9)6-10-7-14-8-12-10/h7-9,11H,2-6H2,1H3/t9-/m0/s1. The van der Waals surface area contributed by atoms with Crippen LogP contribution in [0.25, 0.3) is 0 Å². The lowest BCUT2D eigenvalue weighted by molar-refractivity contribution is 0.290. The van der Waals surface area contributed by atoms with Crippen molar-refractivity contribution in [2.24, 2.45) is 0 Å². The summed E-state index contributed by atoms with van der Waals surface area (Å²) in [5.74, 6) is 0. The van der Waals surface area contributed by atoms with Crippen molar-refractivity contribution in [3.05, 3.63) is 16.6 Å². The summed E-state index contributed by atoms with van der Waals surface area (Å²) >= 11 is 1.67. The summed E-state index contributed by atoms with van der Waals surface area (Å²) < 4.78 is 0. The van der Waals surface area contributed by atoms with Gasteiger partial charge in [0.25, 0.3) is 0 Å². The lowest BCUT2D eigenvalue weighted by Crippen LogP contribution is -2.34. The van der Waals surface area contributed by atoms with Crippen molar-refractivity contribution in [3.63, 3.8) is 0 Å². The zero-order valence-electron chi connectivity index (χ0n) is 8.57. The Hall–Kier alpha value is -0.450. The molecule has 2 heterocycles. The van der Waals surface area contributed by atoms with E-state index in [1.165, 1.54) is 25.1 Å². The van der Waals surface area contributed by atoms with Gasteiger partial charge in [0.15, 0.2) is 0 Å². The minimum absolute atomic E-state index is 0.693. The van der Waals surface area contributed by atoms with Crippen LogP contribution in [0.3, 0.4) is 0 Å². The van der Waals surface area contributed by atoms with Crippen molar-refractivity contribution in [3.8, 4) is 0 Å². The third-order valence-electron chi connectivity index (χ3n) is 2.61. The predicted octanol–water partition coefficient (Wildman–Crippen LogP) is 1.33. The van der Waals surface area contributed by atoms with Crippen molar-refractivity contribution in [1.82, 2.24) is 15.2 Å². The molecule has 0 spiro atoms. The topological polar surface area (TPSA) is 28.2 Å². The first-order valence-electron chi connectivity index (χ1n) is 5.13. The van der Waals surface area contributed by atoms with Gasteiger partial charge in [0.05, 0.1) is 11.2 Å². The third-order valence-corrected chi connectivity index (χ3v) is 3.25. The van der Waals surface area contributed by atoms with Gasteiger partial charge in [0.2, 0.25) is 0 Å². The van der Waals surface area contributed by atoms with Crippen molar-refractivity contribution in [2.75, 3.05) is 20.1 Å². The van der Waals surface area contributed by atoms with Gasteiger partial charge in [0, 0.05) is 24.5 Å². The van der Waals surface area contributed by atoms with Crippen LogP contribution in [-0.2, 0) is 6.54 Å². The molecule has 2 rings (SSSR count).